The Kier molecular flexibility index (Phi) is 5.33. The van der Waals surface area contributed by atoms with Crippen LogP contribution >= 0.6 is 23.2 Å². The SMILES string of the molecule is O=C1CN(CC(=O)N2CCN(c3cccc(Cl)c3)CC2)c2cc(Cl)ccc2O1. The molecule has 2 aromatic rings. The highest BCUT2D eigenvalue weighted by Gasteiger charge is 2.29. The summed E-state index contributed by atoms with van der Waals surface area (Å²) in [5, 5.41) is 1.23. The predicted octanol–water partition coefficient (Wildman–Crippen LogP) is 3.07. The highest BCUT2D eigenvalue weighted by molar-refractivity contribution is 6.31. The normalized spacial score (nSPS) is 16.6. The lowest BCUT2D eigenvalue weighted by atomic mass is 10.2. The van der Waals surface area contributed by atoms with E-state index in [1.54, 1.807) is 23.1 Å². The second-order valence-corrected chi connectivity index (χ2v) is 7.66. The fourth-order valence-electron chi connectivity index (χ4n) is 3.51. The maximum atomic E-state index is 12.8. The molecule has 0 saturated carbocycles. The highest BCUT2D eigenvalue weighted by atomic mass is 35.5. The first kappa shape index (κ1) is 18.9. The van der Waals surface area contributed by atoms with Gasteiger partial charge in [0, 0.05) is 41.9 Å². The van der Waals surface area contributed by atoms with Crippen LogP contribution < -0.4 is 14.5 Å². The molecule has 0 radical (unpaired) electrons. The first-order chi connectivity index (χ1) is 13.5. The number of halogens is 2. The van der Waals surface area contributed by atoms with Gasteiger partial charge in [-0.05, 0) is 36.4 Å². The van der Waals surface area contributed by atoms with Crippen LogP contribution in [-0.2, 0) is 9.59 Å². The van der Waals surface area contributed by atoms with Gasteiger partial charge in [-0.1, -0.05) is 29.3 Å². The molecule has 1 saturated heterocycles. The minimum absolute atomic E-state index is 0.0219. The van der Waals surface area contributed by atoms with Gasteiger partial charge in [0.2, 0.25) is 5.91 Å². The summed E-state index contributed by atoms with van der Waals surface area (Å²) in [5.74, 6) is 0.0268. The summed E-state index contributed by atoms with van der Waals surface area (Å²) in [4.78, 5) is 30.4. The standard InChI is InChI=1S/C20H19Cl2N3O3/c21-14-2-1-3-16(10-14)23-6-8-24(9-7-23)19(26)12-25-13-20(27)28-18-5-4-15(22)11-17(18)25/h1-5,10-11H,6-9,12-13H2. The number of hydrogen-bond acceptors (Lipinski definition) is 5. The van der Waals surface area contributed by atoms with Gasteiger partial charge in [0.15, 0.2) is 5.75 Å². The van der Waals surface area contributed by atoms with Crippen LogP contribution in [0.2, 0.25) is 10.0 Å². The van der Waals surface area contributed by atoms with Gasteiger partial charge in [-0.3, -0.25) is 4.79 Å². The third kappa shape index (κ3) is 4.03. The van der Waals surface area contributed by atoms with Crippen molar-refractivity contribution in [2.75, 3.05) is 49.1 Å². The van der Waals surface area contributed by atoms with E-state index in [-0.39, 0.29) is 25.0 Å². The molecule has 2 aliphatic rings. The average molecular weight is 420 g/mol. The minimum Gasteiger partial charge on any atom is -0.423 e. The molecule has 0 aliphatic carbocycles. The van der Waals surface area contributed by atoms with E-state index < -0.39 is 0 Å². The zero-order valence-corrected chi connectivity index (χ0v) is 16.6. The lowest BCUT2D eigenvalue weighted by Crippen LogP contribution is -2.52. The molecule has 0 aromatic heterocycles. The molecule has 0 spiro atoms. The Labute approximate surface area is 173 Å². The van der Waals surface area contributed by atoms with Gasteiger partial charge in [-0.2, -0.15) is 0 Å². The van der Waals surface area contributed by atoms with Gasteiger partial charge >= 0.3 is 5.97 Å². The van der Waals surface area contributed by atoms with Gasteiger partial charge in [-0.25, -0.2) is 4.79 Å². The number of ether oxygens (including phenoxy) is 1. The van der Waals surface area contributed by atoms with Crippen LogP contribution in [0, 0.1) is 0 Å². The number of piperazine rings is 1. The van der Waals surface area contributed by atoms with E-state index >= 15 is 0 Å². The van der Waals surface area contributed by atoms with Gasteiger partial charge in [0.25, 0.3) is 0 Å². The van der Waals surface area contributed by atoms with Gasteiger partial charge in [0.05, 0.1) is 12.2 Å². The Bertz CT molecular complexity index is 913. The third-order valence-electron chi connectivity index (χ3n) is 4.94. The van der Waals surface area contributed by atoms with Crippen molar-refractivity contribution in [1.82, 2.24) is 4.90 Å². The zero-order chi connectivity index (χ0) is 19.7. The van der Waals surface area contributed by atoms with Gasteiger partial charge in [-0.15, -0.1) is 0 Å². The van der Waals surface area contributed by atoms with E-state index in [2.05, 4.69) is 4.90 Å². The largest absolute Gasteiger partial charge is 0.423 e. The van der Waals surface area contributed by atoms with Crippen LogP contribution in [-0.4, -0.2) is 56.0 Å². The van der Waals surface area contributed by atoms with E-state index in [0.717, 1.165) is 18.8 Å². The van der Waals surface area contributed by atoms with Crippen molar-refractivity contribution in [3.05, 3.63) is 52.5 Å². The molecular weight excluding hydrogens is 401 g/mol. The summed E-state index contributed by atoms with van der Waals surface area (Å²) in [5.41, 5.74) is 1.72. The maximum Gasteiger partial charge on any atom is 0.331 e. The Morgan fingerprint density at radius 1 is 1.00 bits per heavy atom. The molecule has 2 heterocycles. The van der Waals surface area contributed by atoms with Crippen molar-refractivity contribution < 1.29 is 14.3 Å². The van der Waals surface area contributed by atoms with Gasteiger partial charge < -0.3 is 19.4 Å². The van der Waals surface area contributed by atoms with Crippen LogP contribution in [0.1, 0.15) is 0 Å². The number of anilines is 2. The zero-order valence-electron chi connectivity index (χ0n) is 15.1. The Hall–Kier alpha value is -2.44. The van der Waals surface area contributed by atoms with Gasteiger partial charge in [0.1, 0.15) is 6.54 Å². The number of esters is 1. The Morgan fingerprint density at radius 3 is 2.50 bits per heavy atom. The first-order valence-corrected chi connectivity index (χ1v) is 9.79. The molecule has 8 heteroatoms. The van der Waals surface area contributed by atoms with Crippen LogP contribution in [0.3, 0.4) is 0 Å². The molecule has 1 amide bonds. The van der Waals surface area contributed by atoms with Crippen molar-refractivity contribution in [2.24, 2.45) is 0 Å². The molecule has 0 bridgehead atoms. The summed E-state index contributed by atoms with van der Waals surface area (Å²) in [6.07, 6.45) is 0. The van der Waals surface area contributed by atoms with Crippen LogP contribution in [0.25, 0.3) is 0 Å². The number of carbonyl (C=O) groups excluding carboxylic acids is 2. The van der Waals surface area contributed by atoms with Crippen molar-refractivity contribution in [3.8, 4) is 5.75 Å². The Morgan fingerprint density at radius 2 is 1.75 bits per heavy atom. The van der Waals surface area contributed by atoms with Crippen LogP contribution in [0.5, 0.6) is 5.75 Å². The summed E-state index contributed by atoms with van der Waals surface area (Å²) in [7, 11) is 0. The molecule has 146 valence electrons. The van der Waals surface area contributed by atoms with Crippen molar-refractivity contribution in [1.29, 1.82) is 0 Å². The molecule has 0 unspecified atom stereocenters. The quantitative estimate of drug-likeness (QED) is 0.565. The van der Waals surface area contributed by atoms with Crippen LogP contribution in [0.4, 0.5) is 11.4 Å². The molecule has 0 atom stereocenters. The maximum absolute atomic E-state index is 12.8. The summed E-state index contributed by atoms with van der Waals surface area (Å²) in [6, 6.07) is 12.7. The summed E-state index contributed by atoms with van der Waals surface area (Å²) >= 11 is 12.1. The number of amides is 1. The van der Waals surface area contributed by atoms with Crippen molar-refractivity contribution in [3.63, 3.8) is 0 Å². The minimum atomic E-state index is -0.381. The van der Waals surface area contributed by atoms with E-state index in [1.807, 2.05) is 29.2 Å². The number of carbonyl (C=O) groups is 2. The number of nitrogens with zero attached hydrogens (tertiary/aromatic N) is 3. The van der Waals surface area contributed by atoms with E-state index in [9.17, 15) is 9.59 Å². The lowest BCUT2D eigenvalue weighted by Gasteiger charge is -2.37. The predicted molar refractivity (Wildman–Crippen MR) is 110 cm³/mol. The second-order valence-electron chi connectivity index (χ2n) is 6.79. The molecular formula is C20H19Cl2N3O3. The smallest absolute Gasteiger partial charge is 0.331 e. The third-order valence-corrected chi connectivity index (χ3v) is 5.41. The number of benzene rings is 2. The lowest BCUT2D eigenvalue weighted by molar-refractivity contribution is -0.133. The summed E-state index contributed by atoms with van der Waals surface area (Å²) < 4.78 is 5.24. The van der Waals surface area contributed by atoms with E-state index in [0.29, 0.717) is 34.6 Å². The fourth-order valence-corrected chi connectivity index (χ4v) is 3.86. The Balaban J connectivity index is 1.40. The molecule has 28 heavy (non-hydrogen) atoms. The number of rotatable bonds is 3. The number of fused-ring (bicyclic) bond motifs is 1. The molecule has 0 N–H and O–H groups in total. The molecule has 4 rings (SSSR count). The molecule has 1 fully saturated rings. The summed E-state index contributed by atoms with van der Waals surface area (Å²) in [6.45, 7) is 2.84. The van der Waals surface area contributed by atoms with Crippen molar-refractivity contribution in [2.45, 2.75) is 0 Å². The topological polar surface area (TPSA) is 53.1 Å². The second kappa shape index (κ2) is 7.89. The molecule has 6 nitrogen and oxygen atoms in total. The highest BCUT2D eigenvalue weighted by Crippen LogP contribution is 2.34. The number of hydrogen-bond donors (Lipinski definition) is 0. The first-order valence-electron chi connectivity index (χ1n) is 9.03. The average Bonchev–Trinajstić information content (AvgIpc) is 2.68. The van der Waals surface area contributed by atoms with E-state index in [4.69, 9.17) is 27.9 Å². The fraction of sp³-hybridized carbons (Fsp3) is 0.300. The molecule has 2 aliphatic heterocycles. The van der Waals surface area contributed by atoms with Crippen LogP contribution in [0.15, 0.2) is 42.5 Å². The van der Waals surface area contributed by atoms with Crippen molar-refractivity contribution >= 4 is 46.5 Å². The monoisotopic (exact) mass is 419 g/mol. The van der Waals surface area contributed by atoms with E-state index in [1.165, 1.54) is 0 Å². The molecule has 2 aromatic carbocycles.